The van der Waals surface area contributed by atoms with Gasteiger partial charge in [-0.25, -0.2) is 4.79 Å². The maximum atomic E-state index is 11.7. The third-order valence-electron chi connectivity index (χ3n) is 2.58. The van der Waals surface area contributed by atoms with E-state index in [0.29, 0.717) is 6.42 Å². The van der Waals surface area contributed by atoms with Crippen molar-refractivity contribution in [1.29, 1.82) is 0 Å². The lowest BCUT2D eigenvalue weighted by Gasteiger charge is -2.15. The Kier molecular flexibility index (Phi) is 11.1. The first-order valence-corrected chi connectivity index (χ1v) is 7.43. The summed E-state index contributed by atoms with van der Waals surface area (Å²) in [6.45, 7) is 4.16. The van der Waals surface area contributed by atoms with Gasteiger partial charge in [0.25, 0.3) is 0 Å². The van der Waals surface area contributed by atoms with Crippen LogP contribution in [-0.2, 0) is 23.9 Å². The summed E-state index contributed by atoms with van der Waals surface area (Å²) >= 11 is 5.24. The van der Waals surface area contributed by atoms with Crippen LogP contribution in [0.1, 0.15) is 58.8 Å². The second-order valence-electron chi connectivity index (χ2n) is 4.52. The first kappa shape index (κ1) is 18.9. The maximum absolute atomic E-state index is 11.7. The SMILES string of the molecule is CCCCCCOC(=O)C(CC(=O)Cl)OC(=O)CCC. The predicted molar refractivity (Wildman–Crippen MR) is 75.4 cm³/mol. The molecule has 0 aromatic carbocycles. The number of carbonyl (C=O) groups excluding carboxylic acids is 3. The highest BCUT2D eigenvalue weighted by Gasteiger charge is 2.26. The van der Waals surface area contributed by atoms with E-state index in [0.717, 1.165) is 25.7 Å². The number of esters is 2. The first-order valence-electron chi connectivity index (χ1n) is 7.05. The molecule has 0 amide bonds. The van der Waals surface area contributed by atoms with Gasteiger partial charge >= 0.3 is 11.9 Å². The molecule has 0 bridgehead atoms. The Labute approximate surface area is 124 Å². The fourth-order valence-corrected chi connectivity index (χ4v) is 1.68. The molecule has 6 heteroatoms. The van der Waals surface area contributed by atoms with E-state index in [2.05, 4.69) is 6.92 Å². The number of hydrogen-bond acceptors (Lipinski definition) is 5. The van der Waals surface area contributed by atoms with E-state index in [1.807, 2.05) is 6.92 Å². The van der Waals surface area contributed by atoms with Crippen molar-refractivity contribution in [2.24, 2.45) is 0 Å². The van der Waals surface area contributed by atoms with E-state index in [1.54, 1.807) is 0 Å². The van der Waals surface area contributed by atoms with Crippen molar-refractivity contribution in [2.75, 3.05) is 6.61 Å². The molecule has 20 heavy (non-hydrogen) atoms. The van der Waals surface area contributed by atoms with Gasteiger partial charge in [0.1, 0.15) is 0 Å². The van der Waals surface area contributed by atoms with E-state index >= 15 is 0 Å². The van der Waals surface area contributed by atoms with Gasteiger partial charge in [0.2, 0.25) is 11.3 Å². The van der Waals surface area contributed by atoms with Crippen molar-refractivity contribution in [2.45, 2.75) is 64.9 Å². The molecular formula is C14H23ClO5. The monoisotopic (exact) mass is 306 g/mol. The lowest BCUT2D eigenvalue weighted by molar-refractivity contribution is -0.168. The van der Waals surface area contributed by atoms with Gasteiger partial charge in [0.15, 0.2) is 0 Å². The summed E-state index contributed by atoms with van der Waals surface area (Å²) in [5.41, 5.74) is 0. The Balaban J connectivity index is 4.20. The molecule has 0 N–H and O–H groups in total. The van der Waals surface area contributed by atoms with Gasteiger partial charge in [-0.05, 0) is 24.4 Å². The third-order valence-corrected chi connectivity index (χ3v) is 2.73. The zero-order valence-corrected chi connectivity index (χ0v) is 12.9. The number of unbranched alkanes of at least 4 members (excludes halogenated alkanes) is 3. The van der Waals surface area contributed by atoms with Crippen LogP contribution in [0.4, 0.5) is 0 Å². The van der Waals surface area contributed by atoms with Crippen LogP contribution in [0.3, 0.4) is 0 Å². The van der Waals surface area contributed by atoms with Crippen LogP contribution >= 0.6 is 11.6 Å². The van der Waals surface area contributed by atoms with Crippen molar-refractivity contribution < 1.29 is 23.9 Å². The van der Waals surface area contributed by atoms with Crippen LogP contribution in [0.5, 0.6) is 0 Å². The van der Waals surface area contributed by atoms with Gasteiger partial charge in [-0.3, -0.25) is 9.59 Å². The molecule has 0 aromatic heterocycles. The van der Waals surface area contributed by atoms with Crippen LogP contribution < -0.4 is 0 Å². The summed E-state index contributed by atoms with van der Waals surface area (Å²) in [5.74, 6) is -1.24. The highest BCUT2D eigenvalue weighted by Crippen LogP contribution is 2.08. The average Bonchev–Trinajstić information content (AvgIpc) is 2.37. The summed E-state index contributed by atoms with van der Waals surface area (Å²) in [5, 5.41) is -0.734. The van der Waals surface area contributed by atoms with Crippen molar-refractivity contribution in [3.05, 3.63) is 0 Å². The average molecular weight is 307 g/mol. The molecule has 1 atom stereocenters. The number of ether oxygens (including phenoxy) is 2. The number of halogens is 1. The Hall–Kier alpha value is -1.10. The molecule has 0 aliphatic carbocycles. The molecule has 0 heterocycles. The minimum absolute atomic E-state index is 0.191. The van der Waals surface area contributed by atoms with E-state index < -0.39 is 23.3 Å². The highest BCUT2D eigenvalue weighted by molar-refractivity contribution is 6.63. The van der Waals surface area contributed by atoms with E-state index in [-0.39, 0.29) is 19.4 Å². The molecule has 0 spiro atoms. The number of rotatable bonds is 11. The first-order chi connectivity index (χ1) is 9.51. The molecular weight excluding hydrogens is 284 g/mol. The molecule has 0 radical (unpaired) electrons. The van der Waals surface area contributed by atoms with Gasteiger partial charge < -0.3 is 9.47 Å². The molecule has 0 saturated carbocycles. The lowest BCUT2D eigenvalue weighted by atomic mass is 10.2. The summed E-state index contributed by atoms with van der Waals surface area (Å²) in [7, 11) is 0. The van der Waals surface area contributed by atoms with E-state index in [1.165, 1.54) is 0 Å². The van der Waals surface area contributed by atoms with Crippen molar-refractivity contribution in [3.8, 4) is 0 Å². The smallest absolute Gasteiger partial charge is 0.347 e. The quantitative estimate of drug-likeness (QED) is 0.333. The standard InChI is InChI=1S/C14H23ClO5/c1-3-5-6-7-9-19-14(18)11(10-12(15)16)20-13(17)8-4-2/h11H,3-10H2,1-2H3. The Bertz CT molecular complexity index is 317. The number of carbonyl (C=O) groups is 3. The summed E-state index contributed by atoms with van der Waals surface area (Å²) in [4.78, 5) is 34.0. The highest BCUT2D eigenvalue weighted by atomic mass is 35.5. The minimum Gasteiger partial charge on any atom is -0.463 e. The fourth-order valence-electron chi connectivity index (χ4n) is 1.54. The minimum atomic E-state index is -1.23. The van der Waals surface area contributed by atoms with Gasteiger partial charge in [0, 0.05) is 6.42 Å². The Morgan fingerprint density at radius 1 is 1.05 bits per heavy atom. The molecule has 0 rings (SSSR count). The molecule has 0 aliphatic rings. The summed E-state index contributed by atoms with van der Waals surface area (Å²) < 4.78 is 9.93. The van der Waals surface area contributed by atoms with Crippen molar-refractivity contribution in [3.63, 3.8) is 0 Å². The van der Waals surface area contributed by atoms with Crippen LogP contribution in [0.25, 0.3) is 0 Å². The van der Waals surface area contributed by atoms with Crippen LogP contribution in [-0.4, -0.2) is 29.9 Å². The van der Waals surface area contributed by atoms with E-state index in [9.17, 15) is 14.4 Å². The molecule has 0 saturated heterocycles. The van der Waals surface area contributed by atoms with Crippen LogP contribution in [0.2, 0.25) is 0 Å². The number of hydrogen-bond donors (Lipinski definition) is 0. The topological polar surface area (TPSA) is 69.7 Å². The second-order valence-corrected chi connectivity index (χ2v) is 4.94. The van der Waals surface area contributed by atoms with Crippen molar-refractivity contribution >= 4 is 28.8 Å². The van der Waals surface area contributed by atoms with Gasteiger partial charge in [-0.1, -0.05) is 33.1 Å². The molecule has 1 unspecified atom stereocenters. The molecule has 5 nitrogen and oxygen atoms in total. The van der Waals surface area contributed by atoms with Gasteiger partial charge in [0.05, 0.1) is 13.0 Å². The fraction of sp³-hybridized carbons (Fsp3) is 0.786. The summed E-state index contributed by atoms with van der Waals surface area (Å²) in [6, 6.07) is 0. The molecule has 0 fully saturated rings. The molecule has 116 valence electrons. The second kappa shape index (κ2) is 11.7. The zero-order valence-electron chi connectivity index (χ0n) is 12.2. The van der Waals surface area contributed by atoms with Gasteiger partial charge in [-0.2, -0.15) is 0 Å². The maximum Gasteiger partial charge on any atom is 0.347 e. The normalized spacial score (nSPS) is 11.8. The third kappa shape index (κ3) is 9.78. The lowest BCUT2D eigenvalue weighted by Crippen LogP contribution is -2.31. The van der Waals surface area contributed by atoms with Crippen LogP contribution in [0, 0.1) is 0 Å². The van der Waals surface area contributed by atoms with E-state index in [4.69, 9.17) is 21.1 Å². The molecule has 0 aromatic rings. The van der Waals surface area contributed by atoms with Gasteiger partial charge in [-0.15, -0.1) is 0 Å². The summed E-state index contributed by atoms with van der Waals surface area (Å²) in [6.07, 6.45) is 3.10. The zero-order chi connectivity index (χ0) is 15.4. The van der Waals surface area contributed by atoms with Crippen LogP contribution in [0.15, 0.2) is 0 Å². The Morgan fingerprint density at radius 2 is 1.75 bits per heavy atom. The predicted octanol–water partition coefficient (Wildman–Crippen LogP) is 2.98. The largest absolute Gasteiger partial charge is 0.463 e. The molecule has 0 aliphatic heterocycles. The van der Waals surface area contributed by atoms with Crippen molar-refractivity contribution in [1.82, 2.24) is 0 Å². The Morgan fingerprint density at radius 3 is 2.30 bits per heavy atom.